The Morgan fingerprint density at radius 1 is 1.39 bits per heavy atom. The molecule has 5 nitrogen and oxygen atoms in total. The molecular formula is C17H16ClN3O2. The van der Waals surface area contributed by atoms with Crippen molar-refractivity contribution in [2.75, 3.05) is 7.11 Å². The van der Waals surface area contributed by atoms with Crippen molar-refractivity contribution < 1.29 is 9.53 Å². The molecule has 0 radical (unpaired) electrons. The lowest BCUT2D eigenvalue weighted by atomic mass is 10.1. The molecule has 0 aliphatic carbocycles. The van der Waals surface area contributed by atoms with Crippen LogP contribution in [-0.4, -0.2) is 17.6 Å². The third-order valence-corrected chi connectivity index (χ3v) is 3.84. The summed E-state index contributed by atoms with van der Waals surface area (Å²) in [4.78, 5) is 11.2. The molecule has 0 bridgehead atoms. The van der Waals surface area contributed by atoms with E-state index in [0.29, 0.717) is 10.8 Å². The molecule has 2 N–H and O–H groups in total. The number of rotatable bonds is 4. The minimum absolute atomic E-state index is 0.0852. The van der Waals surface area contributed by atoms with Crippen LogP contribution in [0.2, 0.25) is 5.02 Å². The van der Waals surface area contributed by atoms with Gasteiger partial charge in [0.05, 0.1) is 12.1 Å². The van der Waals surface area contributed by atoms with Crippen LogP contribution in [-0.2, 0) is 4.79 Å². The van der Waals surface area contributed by atoms with Gasteiger partial charge in [-0.2, -0.15) is 5.26 Å². The number of methoxy groups -OCH3 is 1. The molecule has 0 saturated carbocycles. The molecule has 0 aliphatic heterocycles. The molecule has 0 saturated heterocycles. The van der Waals surface area contributed by atoms with Gasteiger partial charge < -0.3 is 15.0 Å². The molecule has 0 fully saturated rings. The van der Waals surface area contributed by atoms with Crippen molar-refractivity contribution in [2.24, 2.45) is 5.73 Å². The van der Waals surface area contributed by atoms with E-state index in [1.165, 1.54) is 6.08 Å². The molecule has 1 heterocycles. The van der Waals surface area contributed by atoms with Gasteiger partial charge in [0.25, 0.3) is 5.91 Å². The Kier molecular flexibility index (Phi) is 4.77. The quantitative estimate of drug-likeness (QED) is 0.691. The molecule has 0 atom stereocenters. The zero-order valence-electron chi connectivity index (χ0n) is 13.1. The highest BCUT2D eigenvalue weighted by atomic mass is 35.5. The van der Waals surface area contributed by atoms with E-state index in [4.69, 9.17) is 27.3 Å². The molecule has 1 amide bonds. The number of nitriles is 1. The number of hydrogen-bond acceptors (Lipinski definition) is 3. The lowest BCUT2D eigenvalue weighted by molar-refractivity contribution is -0.114. The van der Waals surface area contributed by atoms with Crippen molar-refractivity contribution in [1.29, 1.82) is 5.26 Å². The number of hydrogen-bond donors (Lipinski definition) is 1. The van der Waals surface area contributed by atoms with Crippen LogP contribution >= 0.6 is 11.6 Å². The van der Waals surface area contributed by atoms with Crippen molar-refractivity contribution >= 4 is 23.6 Å². The van der Waals surface area contributed by atoms with Gasteiger partial charge in [0.15, 0.2) is 0 Å². The molecular weight excluding hydrogens is 314 g/mol. The number of ether oxygens (including phenoxy) is 1. The fraction of sp³-hybridized carbons (Fsp3) is 0.176. The van der Waals surface area contributed by atoms with Crippen molar-refractivity contribution in [1.82, 2.24) is 4.57 Å². The molecule has 23 heavy (non-hydrogen) atoms. The number of nitrogens with two attached hydrogens (primary N) is 1. The molecule has 2 rings (SSSR count). The standard InChI is InChI=1S/C17H16ClN3O2/c1-10-6-12(7-13(9-19)17(20)22)11(2)21(10)14-4-5-16(23-3)15(18)8-14/h4-8H,1-3H3,(H2,20,22)/b13-7+. The zero-order valence-corrected chi connectivity index (χ0v) is 13.8. The number of primary amides is 1. The Hall–Kier alpha value is -2.71. The van der Waals surface area contributed by atoms with E-state index in [0.717, 1.165) is 22.6 Å². The van der Waals surface area contributed by atoms with Crippen LogP contribution in [0, 0.1) is 25.2 Å². The van der Waals surface area contributed by atoms with Crippen LogP contribution in [0.15, 0.2) is 29.8 Å². The summed E-state index contributed by atoms with van der Waals surface area (Å²) >= 11 is 6.18. The second-order valence-electron chi connectivity index (χ2n) is 5.01. The number of carbonyl (C=O) groups excluding carboxylic acids is 1. The highest BCUT2D eigenvalue weighted by Crippen LogP contribution is 2.29. The average molecular weight is 330 g/mol. The second kappa shape index (κ2) is 6.59. The summed E-state index contributed by atoms with van der Waals surface area (Å²) < 4.78 is 7.14. The van der Waals surface area contributed by atoms with Gasteiger partial charge >= 0.3 is 0 Å². The number of benzene rings is 1. The molecule has 1 aromatic carbocycles. The van der Waals surface area contributed by atoms with Crippen molar-refractivity contribution in [3.05, 3.63) is 51.8 Å². The van der Waals surface area contributed by atoms with Crippen LogP contribution < -0.4 is 10.5 Å². The summed E-state index contributed by atoms with van der Waals surface area (Å²) in [5.74, 6) is -0.150. The monoisotopic (exact) mass is 329 g/mol. The zero-order chi connectivity index (χ0) is 17.1. The van der Waals surface area contributed by atoms with Gasteiger partial charge in [-0.25, -0.2) is 0 Å². The summed E-state index contributed by atoms with van der Waals surface area (Å²) in [6, 6.07) is 9.17. The summed E-state index contributed by atoms with van der Waals surface area (Å²) in [6.45, 7) is 3.83. The number of carbonyl (C=O) groups is 1. The SMILES string of the molecule is COc1ccc(-n2c(C)cc(/C=C(\C#N)C(N)=O)c2C)cc1Cl. The Labute approximate surface area is 139 Å². The maximum absolute atomic E-state index is 11.2. The normalized spacial score (nSPS) is 11.2. The van der Waals surface area contributed by atoms with E-state index in [9.17, 15) is 4.79 Å². The Morgan fingerprint density at radius 3 is 2.61 bits per heavy atom. The number of halogens is 1. The van der Waals surface area contributed by atoms with Crippen LogP contribution in [0.25, 0.3) is 11.8 Å². The van der Waals surface area contributed by atoms with Gasteiger partial charge in [0.1, 0.15) is 17.4 Å². The Balaban J connectivity index is 2.57. The predicted octanol–water partition coefficient (Wildman–Crippen LogP) is 3.15. The summed E-state index contributed by atoms with van der Waals surface area (Å²) in [5.41, 5.74) is 8.53. The number of aryl methyl sites for hydroxylation is 1. The van der Waals surface area contributed by atoms with E-state index in [2.05, 4.69) is 0 Å². The molecule has 0 unspecified atom stereocenters. The van der Waals surface area contributed by atoms with Crippen molar-refractivity contribution in [3.63, 3.8) is 0 Å². The third-order valence-electron chi connectivity index (χ3n) is 3.55. The topological polar surface area (TPSA) is 81.0 Å². The molecule has 1 aromatic heterocycles. The fourth-order valence-electron chi connectivity index (χ4n) is 2.44. The fourth-order valence-corrected chi connectivity index (χ4v) is 2.69. The van der Waals surface area contributed by atoms with Gasteiger partial charge in [0.2, 0.25) is 0 Å². The Bertz CT molecular complexity index is 844. The molecule has 118 valence electrons. The maximum atomic E-state index is 11.2. The van der Waals surface area contributed by atoms with E-state index < -0.39 is 5.91 Å². The summed E-state index contributed by atoms with van der Waals surface area (Å²) in [5, 5.41) is 9.48. The number of nitrogens with zero attached hydrogens (tertiary/aromatic N) is 2. The van der Waals surface area contributed by atoms with E-state index >= 15 is 0 Å². The van der Waals surface area contributed by atoms with Gasteiger partial charge in [-0.05, 0) is 49.8 Å². The average Bonchev–Trinajstić information content (AvgIpc) is 2.78. The highest BCUT2D eigenvalue weighted by Gasteiger charge is 2.13. The van der Waals surface area contributed by atoms with E-state index in [1.54, 1.807) is 19.2 Å². The van der Waals surface area contributed by atoms with Crippen LogP contribution in [0.3, 0.4) is 0 Å². The first kappa shape index (κ1) is 16.7. The van der Waals surface area contributed by atoms with Gasteiger partial charge in [-0.3, -0.25) is 4.79 Å². The van der Waals surface area contributed by atoms with E-state index in [-0.39, 0.29) is 5.57 Å². The minimum atomic E-state index is -0.746. The van der Waals surface area contributed by atoms with Crippen LogP contribution in [0.4, 0.5) is 0 Å². The predicted molar refractivity (Wildman–Crippen MR) is 89.6 cm³/mol. The van der Waals surface area contributed by atoms with Gasteiger partial charge in [-0.1, -0.05) is 11.6 Å². The highest BCUT2D eigenvalue weighted by molar-refractivity contribution is 6.32. The van der Waals surface area contributed by atoms with E-state index in [1.807, 2.05) is 36.6 Å². The lowest BCUT2D eigenvalue weighted by Gasteiger charge is -2.11. The first-order chi connectivity index (χ1) is 10.9. The third kappa shape index (κ3) is 3.22. The number of aromatic nitrogens is 1. The van der Waals surface area contributed by atoms with Gasteiger partial charge in [-0.15, -0.1) is 0 Å². The molecule has 0 spiro atoms. The molecule has 6 heteroatoms. The summed E-state index contributed by atoms with van der Waals surface area (Å²) in [6.07, 6.45) is 1.49. The van der Waals surface area contributed by atoms with Crippen LogP contribution in [0.5, 0.6) is 5.75 Å². The lowest BCUT2D eigenvalue weighted by Crippen LogP contribution is -2.12. The number of amides is 1. The first-order valence-electron chi connectivity index (χ1n) is 6.83. The Morgan fingerprint density at radius 2 is 2.09 bits per heavy atom. The maximum Gasteiger partial charge on any atom is 0.259 e. The molecule has 2 aromatic rings. The van der Waals surface area contributed by atoms with Crippen molar-refractivity contribution in [2.45, 2.75) is 13.8 Å². The largest absolute Gasteiger partial charge is 0.495 e. The van der Waals surface area contributed by atoms with Crippen LogP contribution in [0.1, 0.15) is 17.0 Å². The first-order valence-corrected chi connectivity index (χ1v) is 7.21. The second-order valence-corrected chi connectivity index (χ2v) is 5.42. The van der Waals surface area contributed by atoms with Crippen molar-refractivity contribution in [3.8, 4) is 17.5 Å². The summed E-state index contributed by atoms with van der Waals surface area (Å²) in [7, 11) is 1.56. The minimum Gasteiger partial charge on any atom is -0.495 e. The van der Waals surface area contributed by atoms with Gasteiger partial charge in [0, 0.05) is 17.1 Å². The smallest absolute Gasteiger partial charge is 0.259 e. The molecule has 0 aliphatic rings.